The van der Waals surface area contributed by atoms with Gasteiger partial charge in [0.2, 0.25) is 0 Å². The van der Waals surface area contributed by atoms with E-state index in [1.54, 1.807) is 6.20 Å². The zero-order valence-electron chi connectivity index (χ0n) is 8.93. The van der Waals surface area contributed by atoms with Crippen LogP contribution in [0, 0.1) is 5.92 Å². The Balaban J connectivity index is 1.96. The summed E-state index contributed by atoms with van der Waals surface area (Å²) in [6.07, 6.45) is 3.45. The molecule has 0 amide bonds. The third-order valence-electron chi connectivity index (χ3n) is 2.92. The fourth-order valence-electron chi connectivity index (χ4n) is 2.05. The first-order chi connectivity index (χ1) is 7.16. The first kappa shape index (κ1) is 10.2. The van der Waals surface area contributed by atoms with Gasteiger partial charge < -0.3 is 15.7 Å². The van der Waals surface area contributed by atoms with E-state index in [1.807, 2.05) is 19.2 Å². The van der Waals surface area contributed by atoms with Crippen LogP contribution in [0.5, 0.6) is 0 Å². The third kappa shape index (κ3) is 2.21. The number of nitrogens with two attached hydrogens (primary N) is 1. The fourth-order valence-corrected chi connectivity index (χ4v) is 2.05. The summed E-state index contributed by atoms with van der Waals surface area (Å²) in [5.74, 6) is 1.41. The maximum absolute atomic E-state index is 9.20. The summed E-state index contributed by atoms with van der Waals surface area (Å²) in [6, 6.07) is 3.69. The molecule has 1 aliphatic carbocycles. The molecule has 1 fully saturated rings. The minimum Gasteiger partial charge on any atom is -0.396 e. The van der Waals surface area contributed by atoms with Crippen LogP contribution in [0.3, 0.4) is 0 Å². The van der Waals surface area contributed by atoms with Crippen LogP contribution in [0.15, 0.2) is 18.3 Å². The Bertz CT molecular complexity index is 336. The Kier molecular flexibility index (Phi) is 2.77. The zero-order chi connectivity index (χ0) is 10.8. The number of anilines is 2. The molecule has 0 unspecified atom stereocenters. The predicted octanol–water partition coefficient (Wildman–Crippen LogP) is 0.871. The van der Waals surface area contributed by atoms with Crippen LogP contribution in [-0.4, -0.2) is 29.8 Å². The highest BCUT2D eigenvalue weighted by atomic mass is 16.3. The van der Waals surface area contributed by atoms with Crippen molar-refractivity contribution in [3.05, 3.63) is 18.3 Å². The van der Waals surface area contributed by atoms with E-state index in [2.05, 4.69) is 9.88 Å². The third-order valence-corrected chi connectivity index (χ3v) is 2.92. The molecule has 82 valence electrons. The van der Waals surface area contributed by atoms with Crippen molar-refractivity contribution >= 4 is 11.5 Å². The molecule has 0 saturated heterocycles. The van der Waals surface area contributed by atoms with Crippen LogP contribution >= 0.6 is 0 Å². The van der Waals surface area contributed by atoms with Crippen molar-refractivity contribution in [2.75, 3.05) is 24.2 Å². The van der Waals surface area contributed by atoms with Crippen LogP contribution in [0.4, 0.5) is 11.5 Å². The highest BCUT2D eigenvalue weighted by Crippen LogP contribution is 2.29. The van der Waals surface area contributed by atoms with Gasteiger partial charge in [-0.1, -0.05) is 0 Å². The second-order valence-corrected chi connectivity index (χ2v) is 4.29. The second-order valence-electron chi connectivity index (χ2n) is 4.29. The second kappa shape index (κ2) is 4.06. The van der Waals surface area contributed by atoms with Gasteiger partial charge in [-0.25, -0.2) is 4.98 Å². The number of aromatic nitrogens is 1. The van der Waals surface area contributed by atoms with Gasteiger partial charge in [0.15, 0.2) is 5.82 Å². The summed E-state index contributed by atoms with van der Waals surface area (Å²) >= 11 is 0. The minimum atomic E-state index is -0.0931. The van der Waals surface area contributed by atoms with Crippen molar-refractivity contribution < 1.29 is 5.11 Å². The normalized spacial score (nSPS) is 24.7. The highest BCUT2D eigenvalue weighted by Gasteiger charge is 2.28. The summed E-state index contributed by atoms with van der Waals surface area (Å²) in [5, 5.41) is 9.20. The van der Waals surface area contributed by atoms with Crippen molar-refractivity contribution in [2.45, 2.75) is 18.9 Å². The molecule has 4 nitrogen and oxygen atoms in total. The lowest BCUT2D eigenvalue weighted by molar-refractivity contribution is 0.0464. The van der Waals surface area contributed by atoms with Gasteiger partial charge in [0.25, 0.3) is 0 Å². The van der Waals surface area contributed by atoms with Gasteiger partial charge in [-0.3, -0.25) is 0 Å². The summed E-state index contributed by atoms with van der Waals surface area (Å²) < 4.78 is 0. The van der Waals surface area contributed by atoms with Crippen LogP contribution in [-0.2, 0) is 0 Å². The van der Waals surface area contributed by atoms with Crippen LogP contribution in [0.2, 0.25) is 0 Å². The minimum absolute atomic E-state index is 0.0931. The molecule has 1 heterocycles. The van der Waals surface area contributed by atoms with E-state index >= 15 is 0 Å². The number of nitrogens with zero attached hydrogens (tertiary/aromatic N) is 2. The van der Waals surface area contributed by atoms with E-state index in [4.69, 9.17) is 5.73 Å². The molecule has 0 bridgehead atoms. The lowest BCUT2D eigenvalue weighted by Gasteiger charge is -2.35. The summed E-state index contributed by atoms with van der Waals surface area (Å²) in [6.45, 7) is 0.915. The number of hydrogen-bond donors (Lipinski definition) is 2. The molecule has 4 heteroatoms. The molecule has 1 aliphatic rings. The van der Waals surface area contributed by atoms with E-state index in [0.717, 1.165) is 25.2 Å². The number of aliphatic hydroxyl groups is 1. The maximum atomic E-state index is 9.20. The molecular formula is C11H17N3O. The van der Waals surface area contributed by atoms with Gasteiger partial charge in [0, 0.05) is 19.8 Å². The molecule has 0 aliphatic heterocycles. The quantitative estimate of drug-likeness (QED) is 0.772. The van der Waals surface area contributed by atoms with E-state index in [0.29, 0.717) is 11.6 Å². The maximum Gasteiger partial charge on any atom is 0.151 e. The highest BCUT2D eigenvalue weighted by molar-refractivity contribution is 5.61. The summed E-state index contributed by atoms with van der Waals surface area (Å²) in [4.78, 5) is 6.31. The van der Waals surface area contributed by atoms with Gasteiger partial charge in [-0.15, -0.1) is 0 Å². The Morgan fingerprint density at radius 3 is 2.93 bits per heavy atom. The number of pyridine rings is 1. The molecule has 1 saturated carbocycles. The molecule has 0 spiro atoms. The zero-order valence-corrected chi connectivity index (χ0v) is 8.93. The first-order valence-electron chi connectivity index (χ1n) is 5.26. The number of nitrogen functional groups attached to an aromatic ring is 1. The standard InChI is InChI=1S/C11H17N3O/c1-14(7-8-5-9(15)6-8)11-10(12)3-2-4-13-11/h2-4,8-9,15H,5-7,12H2,1H3. The van der Waals surface area contributed by atoms with Gasteiger partial charge in [-0.2, -0.15) is 0 Å². The Morgan fingerprint density at radius 2 is 2.33 bits per heavy atom. The molecule has 0 atom stereocenters. The van der Waals surface area contributed by atoms with Crippen molar-refractivity contribution in [2.24, 2.45) is 5.92 Å². The fraction of sp³-hybridized carbons (Fsp3) is 0.545. The van der Waals surface area contributed by atoms with Gasteiger partial charge in [-0.05, 0) is 30.9 Å². The molecule has 0 aromatic carbocycles. The topological polar surface area (TPSA) is 62.4 Å². The largest absolute Gasteiger partial charge is 0.396 e. The van der Waals surface area contributed by atoms with Crippen molar-refractivity contribution in [3.63, 3.8) is 0 Å². The SMILES string of the molecule is CN(CC1CC(O)C1)c1ncccc1N. The Morgan fingerprint density at radius 1 is 1.60 bits per heavy atom. The van der Waals surface area contributed by atoms with Crippen LogP contribution in [0.25, 0.3) is 0 Å². The molecule has 1 aromatic heterocycles. The van der Waals surface area contributed by atoms with Crippen molar-refractivity contribution in [3.8, 4) is 0 Å². The molecular weight excluding hydrogens is 190 g/mol. The average molecular weight is 207 g/mol. The molecule has 1 aromatic rings. The predicted molar refractivity (Wildman–Crippen MR) is 60.7 cm³/mol. The monoisotopic (exact) mass is 207 g/mol. The first-order valence-corrected chi connectivity index (χ1v) is 5.26. The average Bonchev–Trinajstić information content (AvgIpc) is 2.16. The van der Waals surface area contributed by atoms with E-state index < -0.39 is 0 Å². The number of hydrogen-bond acceptors (Lipinski definition) is 4. The van der Waals surface area contributed by atoms with Crippen molar-refractivity contribution in [1.82, 2.24) is 4.98 Å². The van der Waals surface area contributed by atoms with Gasteiger partial charge >= 0.3 is 0 Å². The summed E-state index contributed by atoms with van der Waals surface area (Å²) in [5.41, 5.74) is 6.54. The van der Waals surface area contributed by atoms with Gasteiger partial charge in [0.1, 0.15) is 0 Å². The molecule has 3 N–H and O–H groups in total. The van der Waals surface area contributed by atoms with Crippen LogP contribution < -0.4 is 10.6 Å². The Hall–Kier alpha value is -1.29. The molecule has 0 radical (unpaired) electrons. The van der Waals surface area contributed by atoms with E-state index in [9.17, 15) is 5.11 Å². The molecule has 2 rings (SSSR count). The van der Waals surface area contributed by atoms with E-state index in [1.165, 1.54) is 0 Å². The van der Waals surface area contributed by atoms with Crippen LogP contribution in [0.1, 0.15) is 12.8 Å². The lowest BCUT2D eigenvalue weighted by Crippen LogP contribution is -2.37. The summed E-state index contributed by atoms with van der Waals surface area (Å²) in [7, 11) is 1.99. The number of rotatable bonds is 3. The van der Waals surface area contributed by atoms with E-state index in [-0.39, 0.29) is 6.10 Å². The van der Waals surface area contributed by atoms with Crippen molar-refractivity contribution in [1.29, 1.82) is 0 Å². The molecule has 15 heavy (non-hydrogen) atoms. The lowest BCUT2D eigenvalue weighted by atomic mass is 9.82. The van der Waals surface area contributed by atoms with Gasteiger partial charge in [0.05, 0.1) is 11.8 Å². The number of aliphatic hydroxyl groups excluding tert-OH is 1. The smallest absolute Gasteiger partial charge is 0.151 e. The Labute approximate surface area is 89.7 Å².